The minimum Gasteiger partial charge on any atom is -0.461 e. The summed E-state index contributed by atoms with van der Waals surface area (Å²) in [5.41, 5.74) is 3.44. The fourth-order valence-electron chi connectivity index (χ4n) is 3.03. The Morgan fingerprint density at radius 2 is 2.00 bits per heavy atom. The van der Waals surface area contributed by atoms with E-state index in [1.807, 2.05) is 33.0 Å². The van der Waals surface area contributed by atoms with Crippen molar-refractivity contribution in [2.45, 2.75) is 39.5 Å². The van der Waals surface area contributed by atoms with Crippen LogP contribution in [0.4, 0.5) is 0 Å². The molecular weight excluding hydrogens is 318 g/mol. The maximum absolute atomic E-state index is 12.3. The van der Waals surface area contributed by atoms with Gasteiger partial charge in [-0.05, 0) is 56.9 Å². The van der Waals surface area contributed by atoms with Gasteiger partial charge < -0.3 is 9.47 Å². The van der Waals surface area contributed by atoms with Gasteiger partial charge in [0.1, 0.15) is 5.75 Å². The van der Waals surface area contributed by atoms with Crippen LogP contribution in [0.2, 0.25) is 0 Å². The number of rotatable bonds is 5. The van der Waals surface area contributed by atoms with Gasteiger partial charge in [-0.2, -0.15) is 10.4 Å². The van der Waals surface area contributed by atoms with Gasteiger partial charge in [0.25, 0.3) is 0 Å². The summed E-state index contributed by atoms with van der Waals surface area (Å²) in [6.45, 7) is 5.78. The monoisotopic (exact) mass is 339 g/mol. The first-order valence-electron chi connectivity index (χ1n) is 8.39. The Balaban J connectivity index is 2.04. The fraction of sp³-hybridized carbons (Fsp3) is 0.421. The third-order valence-corrected chi connectivity index (χ3v) is 4.32. The predicted octanol–water partition coefficient (Wildman–Crippen LogP) is 3.76. The van der Waals surface area contributed by atoms with Gasteiger partial charge in [0.15, 0.2) is 5.75 Å². The zero-order valence-corrected chi connectivity index (χ0v) is 14.9. The highest BCUT2D eigenvalue weighted by atomic mass is 16.5. The molecule has 0 saturated heterocycles. The van der Waals surface area contributed by atoms with Crippen LogP contribution in [0.3, 0.4) is 0 Å². The molecule has 0 N–H and O–H groups in total. The lowest BCUT2D eigenvalue weighted by molar-refractivity contribution is 0.0516. The van der Waals surface area contributed by atoms with Gasteiger partial charge in [-0.1, -0.05) is 0 Å². The lowest BCUT2D eigenvalue weighted by Gasteiger charge is -2.11. The molecule has 1 fully saturated rings. The zero-order chi connectivity index (χ0) is 18.1. The molecule has 6 heteroatoms. The van der Waals surface area contributed by atoms with E-state index in [1.54, 1.807) is 11.6 Å². The molecule has 130 valence electrons. The van der Waals surface area contributed by atoms with E-state index in [9.17, 15) is 10.1 Å². The van der Waals surface area contributed by atoms with Gasteiger partial charge in [-0.3, -0.25) is 4.68 Å². The van der Waals surface area contributed by atoms with Crippen molar-refractivity contribution in [3.05, 3.63) is 40.2 Å². The molecule has 0 bridgehead atoms. The first-order chi connectivity index (χ1) is 12.0. The Morgan fingerprint density at radius 1 is 1.36 bits per heavy atom. The highest BCUT2D eigenvalue weighted by Gasteiger charge is 2.35. The summed E-state index contributed by atoms with van der Waals surface area (Å²) in [4.78, 5) is 12.3. The van der Waals surface area contributed by atoms with Crippen molar-refractivity contribution in [2.75, 3.05) is 6.61 Å². The SMILES string of the molecule is CCOC(=O)c1nn(C)c(C2CC2)c1Oc1cc(C)c(C#N)c(C)c1. The molecule has 1 aromatic heterocycles. The van der Waals surface area contributed by atoms with Crippen LogP contribution < -0.4 is 4.74 Å². The molecule has 0 unspecified atom stereocenters. The quantitative estimate of drug-likeness (QED) is 0.775. The molecule has 0 amide bonds. The first kappa shape index (κ1) is 17.0. The number of benzene rings is 1. The number of aromatic nitrogens is 2. The Kier molecular flexibility index (Phi) is 4.49. The van der Waals surface area contributed by atoms with Crippen molar-refractivity contribution in [1.29, 1.82) is 5.26 Å². The molecule has 0 radical (unpaired) electrons. The van der Waals surface area contributed by atoms with Gasteiger partial charge in [-0.15, -0.1) is 0 Å². The largest absolute Gasteiger partial charge is 0.461 e. The summed E-state index contributed by atoms with van der Waals surface area (Å²) >= 11 is 0. The summed E-state index contributed by atoms with van der Waals surface area (Å²) in [5, 5.41) is 13.5. The van der Waals surface area contributed by atoms with Crippen LogP contribution >= 0.6 is 0 Å². The average Bonchev–Trinajstić information content (AvgIpc) is 3.32. The van der Waals surface area contributed by atoms with Crippen LogP contribution in [0.15, 0.2) is 12.1 Å². The van der Waals surface area contributed by atoms with Gasteiger partial charge in [0.2, 0.25) is 5.69 Å². The highest BCUT2D eigenvalue weighted by molar-refractivity contribution is 5.91. The molecule has 1 aliphatic rings. The number of carbonyl (C=O) groups excluding carboxylic acids is 1. The summed E-state index contributed by atoms with van der Waals surface area (Å²) in [6, 6.07) is 5.82. The molecule has 6 nitrogen and oxygen atoms in total. The average molecular weight is 339 g/mol. The number of hydrogen-bond donors (Lipinski definition) is 0. The van der Waals surface area contributed by atoms with Gasteiger partial charge >= 0.3 is 5.97 Å². The van der Waals surface area contributed by atoms with E-state index >= 15 is 0 Å². The Bertz CT molecular complexity index is 850. The number of hydrogen-bond acceptors (Lipinski definition) is 5. The molecule has 1 heterocycles. The number of esters is 1. The third kappa shape index (κ3) is 3.22. The predicted molar refractivity (Wildman–Crippen MR) is 91.8 cm³/mol. The normalized spacial score (nSPS) is 13.4. The van der Waals surface area contributed by atoms with E-state index in [2.05, 4.69) is 11.2 Å². The lowest BCUT2D eigenvalue weighted by Crippen LogP contribution is -2.07. The van der Waals surface area contributed by atoms with E-state index in [0.29, 0.717) is 23.0 Å². The van der Waals surface area contributed by atoms with Crippen LogP contribution in [-0.4, -0.2) is 22.4 Å². The van der Waals surface area contributed by atoms with E-state index in [4.69, 9.17) is 9.47 Å². The highest BCUT2D eigenvalue weighted by Crippen LogP contribution is 2.46. The van der Waals surface area contributed by atoms with Crippen LogP contribution in [0, 0.1) is 25.2 Å². The standard InChI is InChI=1S/C19H21N3O3/c1-5-24-19(23)16-18(17(13-6-7-13)22(4)21-16)25-14-8-11(2)15(10-20)12(3)9-14/h8-9,13H,5-7H2,1-4H3. The molecule has 1 aliphatic carbocycles. The van der Waals surface area contributed by atoms with E-state index in [-0.39, 0.29) is 12.3 Å². The molecule has 1 saturated carbocycles. The molecule has 0 atom stereocenters. The van der Waals surface area contributed by atoms with Crippen molar-refractivity contribution in [1.82, 2.24) is 9.78 Å². The zero-order valence-electron chi connectivity index (χ0n) is 14.9. The Morgan fingerprint density at radius 3 is 2.52 bits per heavy atom. The number of ether oxygens (including phenoxy) is 2. The van der Waals surface area contributed by atoms with Crippen LogP contribution in [-0.2, 0) is 11.8 Å². The Labute approximate surface area is 147 Å². The van der Waals surface area contributed by atoms with Crippen LogP contribution in [0.1, 0.15) is 58.6 Å². The summed E-state index contributed by atoms with van der Waals surface area (Å²) in [7, 11) is 1.82. The van der Waals surface area contributed by atoms with Crippen LogP contribution in [0.5, 0.6) is 11.5 Å². The van der Waals surface area contributed by atoms with Crippen LogP contribution in [0.25, 0.3) is 0 Å². The first-order valence-corrected chi connectivity index (χ1v) is 8.39. The molecule has 2 aromatic rings. The van der Waals surface area contributed by atoms with Crippen molar-refractivity contribution in [3.63, 3.8) is 0 Å². The third-order valence-electron chi connectivity index (χ3n) is 4.32. The second kappa shape index (κ2) is 6.60. The maximum atomic E-state index is 12.3. The topological polar surface area (TPSA) is 77.1 Å². The van der Waals surface area contributed by atoms with E-state index in [0.717, 1.165) is 29.7 Å². The van der Waals surface area contributed by atoms with E-state index < -0.39 is 5.97 Å². The van der Waals surface area contributed by atoms with Gasteiger partial charge in [0.05, 0.1) is 23.9 Å². The molecule has 0 spiro atoms. The second-order valence-electron chi connectivity index (χ2n) is 6.33. The fourth-order valence-corrected chi connectivity index (χ4v) is 3.03. The Hall–Kier alpha value is -2.81. The van der Waals surface area contributed by atoms with Gasteiger partial charge in [-0.25, -0.2) is 4.79 Å². The second-order valence-corrected chi connectivity index (χ2v) is 6.33. The van der Waals surface area contributed by atoms with Crippen molar-refractivity contribution in [3.8, 4) is 17.6 Å². The number of nitriles is 1. The van der Waals surface area contributed by atoms with E-state index in [1.165, 1.54) is 0 Å². The summed E-state index contributed by atoms with van der Waals surface area (Å²) < 4.78 is 12.9. The molecule has 0 aliphatic heterocycles. The molecular formula is C19H21N3O3. The van der Waals surface area contributed by atoms with Gasteiger partial charge in [0, 0.05) is 13.0 Å². The summed E-state index contributed by atoms with van der Waals surface area (Å²) in [6.07, 6.45) is 2.12. The van der Waals surface area contributed by atoms with Crippen molar-refractivity contribution in [2.24, 2.45) is 7.05 Å². The van der Waals surface area contributed by atoms with Crippen molar-refractivity contribution < 1.29 is 14.3 Å². The maximum Gasteiger partial charge on any atom is 0.362 e. The minimum absolute atomic E-state index is 0.200. The molecule has 25 heavy (non-hydrogen) atoms. The van der Waals surface area contributed by atoms with Crippen molar-refractivity contribution >= 4 is 5.97 Å². The smallest absolute Gasteiger partial charge is 0.362 e. The number of nitrogens with zero attached hydrogens (tertiary/aromatic N) is 3. The summed E-state index contributed by atoms with van der Waals surface area (Å²) in [5.74, 6) is 0.930. The number of carbonyl (C=O) groups is 1. The minimum atomic E-state index is -0.484. The number of aryl methyl sites for hydroxylation is 3. The molecule has 3 rings (SSSR count). The molecule has 1 aromatic carbocycles. The lowest BCUT2D eigenvalue weighted by atomic mass is 10.0.